The van der Waals surface area contributed by atoms with Crippen LogP contribution in [-0.4, -0.2) is 11.1 Å². The van der Waals surface area contributed by atoms with E-state index in [0.717, 1.165) is 4.47 Å². The van der Waals surface area contributed by atoms with Gasteiger partial charge in [0.1, 0.15) is 0 Å². The van der Waals surface area contributed by atoms with Crippen LogP contribution in [0.15, 0.2) is 22.7 Å². The summed E-state index contributed by atoms with van der Waals surface area (Å²) in [5.74, 6) is -1.37. The molecule has 1 aromatic rings. The smallest absolute Gasteiger partial charge is 0.311 e. The van der Waals surface area contributed by atoms with Gasteiger partial charge in [-0.15, -0.1) is 0 Å². The molecule has 0 saturated heterocycles. The summed E-state index contributed by atoms with van der Waals surface area (Å²) < 4.78 is 0.844. The lowest BCUT2D eigenvalue weighted by Crippen LogP contribution is -2.10. The Morgan fingerprint density at radius 3 is 2.79 bits per heavy atom. The minimum atomic E-state index is -0.840. The standard InChI is InChI=1S/C10H10BrClO2/c1-2-7(10(13)14)8-5-6(11)3-4-9(8)12/h3-5,7H,2H2,1H3,(H,13,14). The van der Waals surface area contributed by atoms with Crippen LogP contribution < -0.4 is 0 Å². The highest BCUT2D eigenvalue weighted by molar-refractivity contribution is 9.10. The molecule has 0 saturated carbocycles. The average Bonchev–Trinajstić information content (AvgIpc) is 2.11. The van der Waals surface area contributed by atoms with E-state index >= 15 is 0 Å². The first-order chi connectivity index (χ1) is 6.56. The highest BCUT2D eigenvalue weighted by atomic mass is 79.9. The van der Waals surface area contributed by atoms with Crippen LogP contribution in [-0.2, 0) is 4.79 Å². The van der Waals surface area contributed by atoms with Crippen LogP contribution in [0, 0.1) is 0 Å². The SMILES string of the molecule is CCC(C(=O)O)c1cc(Br)ccc1Cl. The van der Waals surface area contributed by atoms with Gasteiger partial charge in [0.25, 0.3) is 0 Å². The molecule has 1 rings (SSSR count). The lowest BCUT2D eigenvalue weighted by atomic mass is 9.97. The van der Waals surface area contributed by atoms with Gasteiger partial charge in [0.05, 0.1) is 5.92 Å². The number of rotatable bonds is 3. The van der Waals surface area contributed by atoms with Gasteiger partial charge >= 0.3 is 5.97 Å². The second-order valence-corrected chi connectivity index (χ2v) is 4.29. The van der Waals surface area contributed by atoms with E-state index in [2.05, 4.69) is 15.9 Å². The zero-order chi connectivity index (χ0) is 10.7. The fourth-order valence-corrected chi connectivity index (χ4v) is 1.94. The predicted molar refractivity (Wildman–Crippen MR) is 59.8 cm³/mol. The van der Waals surface area contributed by atoms with Crippen molar-refractivity contribution in [3.8, 4) is 0 Å². The average molecular weight is 278 g/mol. The van der Waals surface area contributed by atoms with Crippen LogP contribution in [0.25, 0.3) is 0 Å². The molecule has 1 unspecified atom stereocenters. The van der Waals surface area contributed by atoms with E-state index < -0.39 is 11.9 Å². The molecule has 0 aromatic heterocycles. The Hall–Kier alpha value is -0.540. The molecular weight excluding hydrogens is 267 g/mol. The van der Waals surface area contributed by atoms with Crippen LogP contribution in [0.3, 0.4) is 0 Å². The van der Waals surface area contributed by atoms with Crippen LogP contribution in [0.5, 0.6) is 0 Å². The third-order valence-electron chi connectivity index (χ3n) is 2.04. The van der Waals surface area contributed by atoms with Crippen LogP contribution in [0.2, 0.25) is 5.02 Å². The van der Waals surface area contributed by atoms with Gasteiger partial charge in [0.2, 0.25) is 0 Å². The summed E-state index contributed by atoms with van der Waals surface area (Å²) in [7, 11) is 0. The number of aliphatic carboxylic acids is 1. The molecule has 1 aromatic carbocycles. The van der Waals surface area contributed by atoms with Crippen molar-refractivity contribution in [2.75, 3.05) is 0 Å². The maximum Gasteiger partial charge on any atom is 0.311 e. The lowest BCUT2D eigenvalue weighted by Gasteiger charge is -2.12. The van der Waals surface area contributed by atoms with E-state index in [0.29, 0.717) is 17.0 Å². The van der Waals surface area contributed by atoms with E-state index in [1.54, 1.807) is 18.2 Å². The molecule has 76 valence electrons. The Labute approximate surface area is 96.0 Å². The molecule has 2 nitrogen and oxygen atoms in total. The molecule has 0 spiro atoms. The molecule has 0 heterocycles. The summed E-state index contributed by atoms with van der Waals surface area (Å²) >= 11 is 9.22. The van der Waals surface area contributed by atoms with Crippen molar-refractivity contribution in [1.29, 1.82) is 0 Å². The molecule has 0 radical (unpaired) electrons. The van der Waals surface area contributed by atoms with Crippen LogP contribution in [0.1, 0.15) is 24.8 Å². The molecule has 0 aliphatic heterocycles. The summed E-state index contributed by atoms with van der Waals surface area (Å²) in [5, 5.41) is 9.47. The normalized spacial score (nSPS) is 12.5. The van der Waals surface area contributed by atoms with Crippen molar-refractivity contribution >= 4 is 33.5 Å². The molecule has 0 aliphatic carbocycles. The highest BCUT2D eigenvalue weighted by Crippen LogP contribution is 2.29. The van der Waals surface area contributed by atoms with E-state index in [4.69, 9.17) is 16.7 Å². The van der Waals surface area contributed by atoms with Gasteiger partial charge in [-0.2, -0.15) is 0 Å². The zero-order valence-corrected chi connectivity index (χ0v) is 9.97. The maximum absolute atomic E-state index is 10.9. The third-order valence-corrected chi connectivity index (χ3v) is 2.88. The molecule has 0 aliphatic rings. The fourth-order valence-electron chi connectivity index (χ4n) is 1.31. The van der Waals surface area contributed by atoms with Crippen LogP contribution in [0.4, 0.5) is 0 Å². The van der Waals surface area contributed by atoms with Gasteiger partial charge < -0.3 is 5.11 Å². The monoisotopic (exact) mass is 276 g/mol. The summed E-state index contributed by atoms with van der Waals surface area (Å²) in [5.41, 5.74) is 0.663. The van der Waals surface area contributed by atoms with Crippen molar-refractivity contribution < 1.29 is 9.90 Å². The van der Waals surface area contributed by atoms with E-state index in [9.17, 15) is 4.79 Å². The van der Waals surface area contributed by atoms with Gasteiger partial charge in [-0.1, -0.05) is 34.5 Å². The van der Waals surface area contributed by atoms with E-state index in [1.165, 1.54) is 0 Å². The maximum atomic E-state index is 10.9. The minimum Gasteiger partial charge on any atom is -0.481 e. The Kier molecular flexibility index (Phi) is 3.96. The van der Waals surface area contributed by atoms with Gasteiger partial charge in [0.15, 0.2) is 0 Å². The van der Waals surface area contributed by atoms with Crippen molar-refractivity contribution in [2.45, 2.75) is 19.3 Å². The van der Waals surface area contributed by atoms with Gasteiger partial charge in [-0.25, -0.2) is 0 Å². The zero-order valence-electron chi connectivity index (χ0n) is 7.63. The topological polar surface area (TPSA) is 37.3 Å². The van der Waals surface area contributed by atoms with E-state index in [-0.39, 0.29) is 0 Å². The fraction of sp³-hybridized carbons (Fsp3) is 0.300. The summed E-state index contributed by atoms with van der Waals surface area (Å²) in [6.45, 7) is 1.83. The summed E-state index contributed by atoms with van der Waals surface area (Å²) in [6, 6.07) is 5.25. The van der Waals surface area contributed by atoms with Crippen molar-refractivity contribution in [3.05, 3.63) is 33.3 Å². The predicted octanol–water partition coefficient (Wildman–Crippen LogP) is 3.68. The molecular formula is C10H10BrClO2. The third kappa shape index (κ3) is 2.49. The molecule has 14 heavy (non-hydrogen) atoms. The highest BCUT2D eigenvalue weighted by Gasteiger charge is 2.20. The molecule has 0 amide bonds. The van der Waals surface area contributed by atoms with Gasteiger partial charge in [0, 0.05) is 9.50 Å². The molecule has 1 N–H and O–H groups in total. The van der Waals surface area contributed by atoms with Crippen molar-refractivity contribution in [1.82, 2.24) is 0 Å². The number of hydrogen-bond acceptors (Lipinski definition) is 1. The summed E-state index contributed by atoms with van der Waals surface area (Å²) in [6.07, 6.45) is 0.533. The molecule has 1 atom stereocenters. The first-order valence-electron chi connectivity index (χ1n) is 4.24. The largest absolute Gasteiger partial charge is 0.481 e. The second-order valence-electron chi connectivity index (χ2n) is 2.96. The van der Waals surface area contributed by atoms with Gasteiger partial charge in [-0.3, -0.25) is 4.79 Å². The number of benzene rings is 1. The van der Waals surface area contributed by atoms with Crippen molar-refractivity contribution in [2.24, 2.45) is 0 Å². The number of carbonyl (C=O) groups is 1. The quantitative estimate of drug-likeness (QED) is 0.915. The number of halogens is 2. The second kappa shape index (κ2) is 4.80. The number of carboxylic acid groups (broad SMARTS) is 1. The van der Waals surface area contributed by atoms with E-state index in [1.807, 2.05) is 6.92 Å². The van der Waals surface area contributed by atoms with Crippen molar-refractivity contribution in [3.63, 3.8) is 0 Å². The number of carboxylic acids is 1. The lowest BCUT2D eigenvalue weighted by molar-refractivity contribution is -0.138. The molecule has 0 bridgehead atoms. The summed E-state index contributed by atoms with van der Waals surface area (Å²) in [4.78, 5) is 10.9. The Bertz CT molecular complexity index is 352. The van der Waals surface area contributed by atoms with Gasteiger partial charge in [-0.05, 0) is 30.2 Å². The minimum absolute atomic E-state index is 0.502. The Morgan fingerprint density at radius 1 is 1.64 bits per heavy atom. The molecule has 0 fully saturated rings. The first kappa shape index (κ1) is 11.5. The Balaban J connectivity index is 3.15. The molecule has 4 heteroatoms. The Morgan fingerprint density at radius 2 is 2.29 bits per heavy atom. The number of hydrogen-bond donors (Lipinski definition) is 1. The first-order valence-corrected chi connectivity index (χ1v) is 5.41. The van der Waals surface area contributed by atoms with Crippen LogP contribution >= 0.6 is 27.5 Å².